The van der Waals surface area contributed by atoms with Crippen molar-refractivity contribution in [2.24, 2.45) is 0 Å². The molecule has 92 valence electrons. The van der Waals surface area contributed by atoms with Gasteiger partial charge in [0, 0.05) is 6.61 Å². The van der Waals surface area contributed by atoms with Crippen molar-refractivity contribution in [2.45, 2.75) is 12.5 Å². The van der Waals surface area contributed by atoms with Gasteiger partial charge in [0.25, 0.3) is 0 Å². The Morgan fingerprint density at radius 2 is 1.62 bits per heavy atom. The Balaban J connectivity index is 4.50. The zero-order valence-corrected chi connectivity index (χ0v) is 8.16. The second-order valence-corrected chi connectivity index (χ2v) is 2.83. The molecule has 5 N–H and O–H groups in total. The summed E-state index contributed by atoms with van der Waals surface area (Å²) in [6.45, 7) is -0.963. The molecule has 0 rings (SSSR count). The fraction of sp³-hybridized carbons (Fsp3) is 0.571. The summed E-state index contributed by atoms with van der Waals surface area (Å²) in [6, 6.07) is -0.977. The monoisotopic (exact) mass is 236 g/mol. The van der Waals surface area contributed by atoms with Crippen molar-refractivity contribution in [3.05, 3.63) is 0 Å². The van der Waals surface area contributed by atoms with E-state index in [1.165, 1.54) is 0 Å². The van der Waals surface area contributed by atoms with E-state index in [4.69, 9.17) is 20.4 Å². The summed E-state index contributed by atoms with van der Waals surface area (Å²) in [6.07, 6.45) is -4.91. The van der Waals surface area contributed by atoms with Crippen molar-refractivity contribution in [2.75, 3.05) is 13.2 Å². The van der Waals surface area contributed by atoms with Gasteiger partial charge in [-0.2, -0.15) is 0 Å². The lowest BCUT2D eigenvalue weighted by atomic mass is 10.2. The third-order valence-electron chi connectivity index (χ3n) is 1.67. The first kappa shape index (κ1) is 14.0. The normalized spacial score (nSPS) is 11.6. The van der Waals surface area contributed by atoms with Gasteiger partial charge in [0.1, 0.15) is 0 Å². The molecular weight excluding hydrogens is 224 g/mol. The molecule has 0 aromatic rings. The maximum absolute atomic E-state index is 10.5. The van der Waals surface area contributed by atoms with Crippen LogP contribution in [0.25, 0.3) is 0 Å². The number of nitrogens with one attached hydrogen (secondary N) is 1. The Bertz CT molecular complexity index is 266. The van der Waals surface area contributed by atoms with Crippen molar-refractivity contribution < 1.29 is 34.8 Å². The topological polar surface area (TPSA) is 147 Å². The molecule has 1 unspecified atom stereocenters. The third-order valence-corrected chi connectivity index (χ3v) is 1.67. The Morgan fingerprint density at radius 1 is 1.12 bits per heavy atom. The summed E-state index contributed by atoms with van der Waals surface area (Å²) >= 11 is 0. The van der Waals surface area contributed by atoms with Crippen molar-refractivity contribution in [1.29, 1.82) is 0 Å². The molecule has 9 nitrogen and oxygen atoms in total. The van der Waals surface area contributed by atoms with Crippen molar-refractivity contribution in [1.82, 2.24) is 10.2 Å². The molecule has 0 aromatic heterocycles. The van der Waals surface area contributed by atoms with Crippen LogP contribution in [0.4, 0.5) is 14.4 Å². The van der Waals surface area contributed by atoms with Crippen LogP contribution in [0.2, 0.25) is 0 Å². The van der Waals surface area contributed by atoms with E-state index in [9.17, 15) is 14.4 Å². The average molecular weight is 236 g/mol. The minimum atomic E-state index is -1.71. The van der Waals surface area contributed by atoms with Crippen LogP contribution in [0.15, 0.2) is 0 Å². The van der Waals surface area contributed by atoms with E-state index in [2.05, 4.69) is 0 Å². The van der Waals surface area contributed by atoms with Crippen molar-refractivity contribution in [3.8, 4) is 0 Å². The Hall–Kier alpha value is -2.03. The Kier molecular flexibility index (Phi) is 5.63. The van der Waals surface area contributed by atoms with Crippen LogP contribution in [-0.2, 0) is 0 Å². The standard InChI is InChI=1S/C7H12N2O7/c10-2-1-4(8-5(11)12)3-9(6(13)14)7(15)16/h4,8,10H,1-3H2,(H,11,12)(H,13,14)(H,15,16). The summed E-state index contributed by atoms with van der Waals surface area (Å²) < 4.78 is 0. The molecule has 9 heteroatoms. The highest BCUT2D eigenvalue weighted by atomic mass is 16.4. The van der Waals surface area contributed by atoms with Crippen LogP contribution in [0.3, 0.4) is 0 Å². The molecule has 0 fully saturated rings. The number of rotatable bonds is 5. The zero-order valence-electron chi connectivity index (χ0n) is 8.16. The van der Waals surface area contributed by atoms with E-state index in [0.29, 0.717) is 0 Å². The van der Waals surface area contributed by atoms with Crippen LogP contribution in [0, 0.1) is 0 Å². The molecule has 0 saturated carbocycles. The van der Waals surface area contributed by atoms with E-state index in [0.717, 1.165) is 0 Å². The average Bonchev–Trinajstić information content (AvgIpc) is 2.12. The summed E-state index contributed by atoms with van der Waals surface area (Å²) in [5.74, 6) is 0. The number of amides is 3. The predicted octanol–water partition coefficient (Wildman–Crippen LogP) is -0.337. The number of carbonyl (C=O) groups is 3. The third kappa shape index (κ3) is 5.00. The van der Waals surface area contributed by atoms with E-state index >= 15 is 0 Å². The summed E-state index contributed by atoms with van der Waals surface area (Å²) in [7, 11) is 0. The van der Waals surface area contributed by atoms with Crippen LogP contribution in [-0.4, -0.2) is 62.8 Å². The molecular formula is C7H12N2O7. The number of carboxylic acid groups (broad SMARTS) is 3. The van der Waals surface area contributed by atoms with E-state index in [1.54, 1.807) is 0 Å². The molecule has 0 spiro atoms. The van der Waals surface area contributed by atoms with Gasteiger partial charge < -0.3 is 25.7 Å². The lowest BCUT2D eigenvalue weighted by Crippen LogP contribution is -2.47. The van der Waals surface area contributed by atoms with E-state index in [1.807, 2.05) is 5.32 Å². The Morgan fingerprint density at radius 3 is 1.94 bits per heavy atom. The second kappa shape index (κ2) is 6.45. The number of imide groups is 1. The maximum Gasteiger partial charge on any atom is 0.416 e. The molecule has 0 saturated heterocycles. The molecule has 0 aliphatic heterocycles. The van der Waals surface area contributed by atoms with E-state index < -0.39 is 37.5 Å². The molecule has 16 heavy (non-hydrogen) atoms. The zero-order chi connectivity index (χ0) is 12.7. The number of nitrogens with zero attached hydrogens (tertiary/aromatic N) is 1. The molecule has 3 amide bonds. The van der Waals surface area contributed by atoms with E-state index in [-0.39, 0.29) is 11.3 Å². The van der Waals surface area contributed by atoms with Gasteiger partial charge in [0.15, 0.2) is 0 Å². The highest BCUT2D eigenvalue weighted by Crippen LogP contribution is 1.99. The van der Waals surface area contributed by atoms with Gasteiger partial charge in [-0.25, -0.2) is 19.3 Å². The number of aliphatic hydroxyl groups excluding tert-OH is 1. The maximum atomic E-state index is 10.5. The van der Waals surface area contributed by atoms with Crippen molar-refractivity contribution >= 4 is 18.3 Å². The smallest absolute Gasteiger partial charge is 0.416 e. The first-order valence-corrected chi connectivity index (χ1v) is 4.22. The van der Waals surface area contributed by atoms with Gasteiger partial charge in [0.05, 0.1) is 12.6 Å². The first-order valence-electron chi connectivity index (χ1n) is 4.22. The first-order chi connectivity index (χ1) is 7.38. The highest BCUT2D eigenvalue weighted by molar-refractivity contribution is 5.85. The van der Waals surface area contributed by atoms with Gasteiger partial charge >= 0.3 is 18.3 Å². The largest absolute Gasteiger partial charge is 0.465 e. The summed E-state index contributed by atoms with van der Waals surface area (Å²) in [5.41, 5.74) is 0. The Labute approximate surface area is 89.9 Å². The van der Waals surface area contributed by atoms with Crippen LogP contribution < -0.4 is 5.32 Å². The minimum absolute atomic E-state index is 0.0380. The van der Waals surface area contributed by atoms with Crippen LogP contribution >= 0.6 is 0 Å². The van der Waals surface area contributed by atoms with Crippen LogP contribution in [0.5, 0.6) is 0 Å². The SMILES string of the molecule is O=C(O)NC(CCO)CN(C(=O)O)C(=O)O. The lowest BCUT2D eigenvalue weighted by Gasteiger charge is -2.21. The van der Waals surface area contributed by atoms with Gasteiger partial charge in [-0.1, -0.05) is 0 Å². The molecule has 0 bridgehead atoms. The quantitative estimate of drug-likeness (QED) is 0.438. The molecule has 0 radical (unpaired) electrons. The number of aliphatic hydroxyl groups is 1. The van der Waals surface area contributed by atoms with Gasteiger partial charge in [0.2, 0.25) is 0 Å². The number of hydrogen-bond donors (Lipinski definition) is 5. The van der Waals surface area contributed by atoms with Crippen molar-refractivity contribution in [3.63, 3.8) is 0 Å². The highest BCUT2D eigenvalue weighted by Gasteiger charge is 2.24. The summed E-state index contributed by atoms with van der Waals surface area (Å²) in [4.78, 5) is 31.3. The molecule has 0 heterocycles. The molecule has 0 aliphatic rings. The fourth-order valence-electron chi connectivity index (χ4n) is 0.998. The van der Waals surface area contributed by atoms with Gasteiger partial charge in [-0.15, -0.1) is 0 Å². The number of hydrogen-bond acceptors (Lipinski definition) is 4. The molecule has 1 atom stereocenters. The predicted molar refractivity (Wildman–Crippen MR) is 49.4 cm³/mol. The summed E-state index contributed by atoms with van der Waals surface area (Å²) in [5, 5.41) is 35.9. The molecule has 0 aromatic carbocycles. The van der Waals surface area contributed by atoms with Gasteiger partial charge in [-0.3, -0.25) is 0 Å². The lowest BCUT2D eigenvalue weighted by molar-refractivity contribution is 0.114. The van der Waals surface area contributed by atoms with Crippen LogP contribution in [0.1, 0.15) is 6.42 Å². The minimum Gasteiger partial charge on any atom is -0.465 e. The van der Waals surface area contributed by atoms with Gasteiger partial charge in [-0.05, 0) is 6.42 Å². The second-order valence-electron chi connectivity index (χ2n) is 2.83. The molecule has 0 aliphatic carbocycles. The fourth-order valence-corrected chi connectivity index (χ4v) is 0.998.